The van der Waals surface area contributed by atoms with Gasteiger partial charge in [0.2, 0.25) is 0 Å². The van der Waals surface area contributed by atoms with Gasteiger partial charge in [-0.15, -0.1) is 9.35 Å². The molecule has 0 aliphatic rings. The Morgan fingerprint density at radius 3 is 2.00 bits per heavy atom. The van der Waals surface area contributed by atoms with E-state index in [2.05, 4.69) is 0 Å². The van der Waals surface area contributed by atoms with Crippen molar-refractivity contribution >= 4 is 18.5 Å². The van der Waals surface area contributed by atoms with E-state index in [0.717, 1.165) is 0 Å². The number of benzene rings is 1. The van der Waals surface area contributed by atoms with Crippen molar-refractivity contribution in [3.63, 3.8) is 0 Å². The van der Waals surface area contributed by atoms with Crippen LogP contribution in [0.1, 0.15) is 13.8 Å². The van der Waals surface area contributed by atoms with Gasteiger partial charge in [-0.1, -0.05) is 18.2 Å². The first-order valence-electron chi connectivity index (χ1n) is 5.17. The van der Waals surface area contributed by atoms with Crippen LogP contribution in [-0.4, -0.2) is 13.2 Å². The van der Waals surface area contributed by atoms with Crippen LogP contribution in [0.5, 0.6) is 5.75 Å². The summed E-state index contributed by atoms with van der Waals surface area (Å²) in [6.45, 7) is 1.13. The highest BCUT2D eigenvalue weighted by Crippen LogP contribution is 2.50. The summed E-state index contributed by atoms with van der Waals surface area (Å²) in [5.74, 6) is 0.537. The van der Waals surface area contributed by atoms with Crippen molar-refractivity contribution in [1.82, 2.24) is 0 Å². The average molecular weight is 278 g/mol. The van der Waals surface area contributed by atoms with Gasteiger partial charge in [-0.2, -0.15) is 0 Å². The molecular weight excluding hydrogens is 263 g/mol. The van der Waals surface area contributed by atoms with Gasteiger partial charge in [-0.05, 0) is 26.0 Å². The van der Waals surface area contributed by atoms with E-state index in [0.29, 0.717) is 19.0 Å². The molecule has 1 aromatic rings. The molecule has 96 valence electrons. The highest BCUT2D eigenvalue weighted by molar-refractivity contribution is 8.07. The molecule has 0 N–H and O–H groups in total. The van der Waals surface area contributed by atoms with Gasteiger partial charge < -0.3 is 4.52 Å². The van der Waals surface area contributed by atoms with E-state index in [4.69, 9.17) is 35.5 Å². The summed E-state index contributed by atoms with van der Waals surface area (Å²) in [6.07, 6.45) is 0. The lowest BCUT2D eigenvalue weighted by atomic mass is 10.3. The Morgan fingerprint density at radius 1 is 1.00 bits per heavy atom. The maximum Gasteiger partial charge on any atom is 0.436 e. The van der Waals surface area contributed by atoms with Crippen LogP contribution in [0.3, 0.4) is 0 Å². The van der Waals surface area contributed by atoms with E-state index in [9.17, 15) is 0 Å². The number of hydrogen-bond acceptors (Lipinski definition) is 6. The smallest absolute Gasteiger partial charge is 0.421 e. The third kappa shape index (κ3) is 5.59. The topological polar surface area (TPSA) is 46.2 Å². The van der Waals surface area contributed by atoms with Gasteiger partial charge in [0, 0.05) is 11.8 Å². The van der Waals surface area contributed by atoms with Gasteiger partial charge in [0.1, 0.15) is 5.75 Å². The molecule has 0 amide bonds. The van der Waals surface area contributed by atoms with Crippen molar-refractivity contribution in [3.05, 3.63) is 30.3 Å². The maximum absolute atomic E-state index is 5.44. The Bertz CT molecular complexity index is 347. The van der Waals surface area contributed by atoms with Crippen LogP contribution in [0.4, 0.5) is 0 Å². The van der Waals surface area contributed by atoms with Gasteiger partial charge >= 0.3 is 6.72 Å². The van der Waals surface area contributed by atoms with Crippen molar-refractivity contribution < 1.29 is 23.6 Å². The number of para-hydroxylation sites is 1. The molecule has 0 aliphatic carbocycles. The van der Waals surface area contributed by atoms with Gasteiger partial charge in [0.05, 0.1) is 13.2 Å². The molecule has 0 spiro atoms. The van der Waals surface area contributed by atoms with Crippen LogP contribution in [0, 0.1) is 0 Å². The molecule has 0 aliphatic heterocycles. The Hall–Kier alpha value is -0.490. The third-order valence-electron chi connectivity index (χ3n) is 1.48. The van der Waals surface area contributed by atoms with Crippen LogP contribution >= 0.6 is 6.72 Å². The second-order valence-corrected chi connectivity index (χ2v) is 5.53. The van der Waals surface area contributed by atoms with Crippen molar-refractivity contribution in [2.24, 2.45) is 0 Å². The van der Waals surface area contributed by atoms with Gasteiger partial charge in [0.15, 0.2) is 0 Å². The van der Waals surface area contributed by atoms with Crippen molar-refractivity contribution in [1.29, 1.82) is 0 Å². The quantitative estimate of drug-likeness (QED) is 0.413. The first-order valence-corrected chi connectivity index (χ1v) is 7.73. The molecule has 17 heavy (non-hydrogen) atoms. The molecule has 1 rings (SSSR count). The van der Waals surface area contributed by atoms with E-state index >= 15 is 0 Å². The van der Waals surface area contributed by atoms with E-state index in [1.165, 1.54) is 0 Å². The van der Waals surface area contributed by atoms with Crippen molar-refractivity contribution in [2.75, 3.05) is 13.2 Å². The molecule has 7 heteroatoms. The highest BCUT2D eigenvalue weighted by Gasteiger charge is 2.25. The standard InChI is InChI=1S/C10H15O5PS/c1-3-11-14-16(17,15-12-4-2)13-10-8-6-5-7-9-10/h5-9H,3-4H2,1-2H3. The lowest BCUT2D eigenvalue weighted by Gasteiger charge is -2.18. The minimum atomic E-state index is -3.09. The fourth-order valence-electron chi connectivity index (χ4n) is 0.888. The van der Waals surface area contributed by atoms with Gasteiger partial charge in [-0.3, -0.25) is 0 Å². The molecular formula is C10H15O5PS. The summed E-state index contributed by atoms with van der Waals surface area (Å²) >= 11 is 5.11. The summed E-state index contributed by atoms with van der Waals surface area (Å²) < 4.78 is 15.3. The van der Waals surface area contributed by atoms with Crippen LogP contribution in [0.2, 0.25) is 0 Å². The molecule has 0 radical (unpaired) electrons. The summed E-state index contributed by atoms with van der Waals surface area (Å²) in [5.41, 5.74) is 0. The minimum Gasteiger partial charge on any atom is -0.421 e. The van der Waals surface area contributed by atoms with Crippen molar-refractivity contribution in [3.8, 4) is 5.75 Å². The molecule has 0 fully saturated rings. The first kappa shape index (κ1) is 14.6. The molecule has 0 saturated heterocycles. The molecule has 0 bridgehead atoms. The fourth-order valence-corrected chi connectivity index (χ4v) is 2.34. The number of hydrogen-bond donors (Lipinski definition) is 0. The Labute approximate surface area is 106 Å². The monoisotopic (exact) mass is 278 g/mol. The summed E-state index contributed by atoms with van der Waals surface area (Å²) in [5, 5.41) is 0. The molecule has 0 saturated carbocycles. The zero-order valence-corrected chi connectivity index (χ0v) is 11.4. The molecule has 1 aromatic carbocycles. The maximum atomic E-state index is 5.44. The lowest BCUT2D eigenvalue weighted by molar-refractivity contribution is -0.263. The molecule has 0 atom stereocenters. The van der Waals surface area contributed by atoms with E-state index in [-0.39, 0.29) is 0 Å². The Kier molecular flexibility index (Phi) is 6.65. The predicted octanol–water partition coefficient (Wildman–Crippen LogP) is 3.23. The SMILES string of the molecule is CCOOP(=S)(OOCC)Oc1ccccc1. The fraction of sp³-hybridized carbons (Fsp3) is 0.400. The molecule has 0 unspecified atom stereocenters. The van der Waals surface area contributed by atoms with Crippen LogP contribution in [0.25, 0.3) is 0 Å². The zero-order chi connectivity index (χ0) is 12.6. The highest BCUT2D eigenvalue weighted by atomic mass is 32.5. The third-order valence-corrected chi connectivity index (χ3v) is 3.08. The van der Waals surface area contributed by atoms with Gasteiger partial charge in [-0.25, -0.2) is 9.78 Å². The first-order chi connectivity index (χ1) is 8.20. The second kappa shape index (κ2) is 7.76. The van der Waals surface area contributed by atoms with E-state index < -0.39 is 6.72 Å². The van der Waals surface area contributed by atoms with Crippen molar-refractivity contribution in [2.45, 2.75) is 13.8 Å². The largest absolute Gasteiger partial charge is 0.436 e. The lowest BCUT2D eigenvalue weighted by Crippen LogP contribution is -2.04. The van der Waals surface area contributed by atoms with E-state index in [1.807, 2.05) is 18.2 Å². The Morgan fingerprint density at radius 2 is 1.53 bits per heavy atom. The predicted molar refractivity (Wildman–Crippen MR) is 66.8 cm³/mol. The summed E-state index contributed by atoms with van der Waals surface area (Å²) in [6, 6.07) is 8.98. The summed E-state index contributed by atoms with van der Waals surface area (Å²) in [4.78, 5) is 9.57. The minimum absolute atomic E-state index is 0.339. The van der Waals surface area contributed by atoms with E-state index in [1.54, 1.807) is 26.0 Å². The Balaban J connectivity index is 2.65. The molecule has 0 heterocycles. The summed E-state index contributed by atoms with van der Waals surface area (Å²) in [7, 11) is 0. The normalized spacial score (nSPS) is 11.4. The average Bonchev–Trinajstić information content (AvgIpc) is 2.35. The number of rotatable bonds is 8. The van der Waals surface area contributed by atoms with Crippen LogP contribution in [-0.2, 0) is 30.9 Å². The zero-order valence-electron chi connectivity index (χ0n) is 9.70. The van der Waals surface area contributed by atoms with Crippen LogP contribution < -0.4 is 4.52 Å². The van der Waals surface area contributed by atoms with Gasteiger partial charge in [0.25, 0.3) is 0 Å². The van der Waals surface area contributed by atoms with Crippen LogP contribution in [0.15, 0.2) is 30.3 Å². The molecule has 0 aromatic heterocycles. The second-order valence-electron chi connectivity index (χ2n) is 2.81. The molecule has 5 nitrogen and oxygen atoms in total.